The molecule has 0 radical (unpaired) electrons. The SMILES string of the molecule is O=C(Nc1ccc(C(=O)NCC2CCS(=O)(=O)C2)c(O)c1)c1cc(F)cc(F)c1. The van der Waals surface area contributed by atoms with Crippen LogP contribution >= 0.6 is 0 Å². The number of phenolic OH excluding ortho intramolecular Hbond substituents is 1. The molecule has 1 atom stereocenters. The van der Waals surface area contributed by atoms with Crippen molar-refractivity contribution < 1.29 is 31.9 Å². The van der Waals surface area contributed by atoms with Gasteiger partial charge in [0.05, 0.1) is 17.1 Å². The van der Waals surface area contributed by atoms with Crippen LogP contribution in [0.5, 0.6) is 5.75 Å². The molecule has 2 aromatic carbocycles. The fourth-order valence-electron chi connectivity index (χ4n) is 3.05. The molecule has 2 aromatic rings. The molecule has 0 spiro atoms. The summed E-state index contributed by atoms with van der Waals surface area (Å²) in [5.41, 5.74) is -0.174. The highest BCUT2D eigenvalue weighted by Crippen LogP contribution is 2.23. The van der Waals surface area contributed by atoms with Gasteiger partial charge in [-0.2, -0.15) is 0 Å². The molecule has 1 aliphatic heterocycles. The van der Waals surface area contributed by atoms with Crippen LogP contribution in [0.2, 0.25) is 0 Å². The third-order valence-electron chi connectivity index (χ3n) is 4.50. The molecule has 1 fully saturated rings. The third kappa shape index (κ3) is 5.29. The molecular formula is C19H18F2N2O5S. The van der Waals surface area contributed by atoms with E-state index in [1.54, 1.807) is 0 Å². The number of amides is 2. The molecule has 1 aliphatic rings. The molecule has 0 aliphatic carbocycles. The second-order valence-corrected chi connectivity index (χ2v) is 9.05. The van der Waals surface area contributed by atoms with E-state index in [0.29, 0.717) is 12.5 Å². The highest BCUT2D eigenvalue weighted by molar-refractivity contribution is 7.91. The van der Waals surface area contributed by atoms with Gasteiger partial charge >= 0.3 is 0 Å². The summed E-state index contributed by atoms with van der Waals surface area (Å²) in [5, 5.41) is 15.0. The zero-order chi connectivity index (χ0) is 21.2. The summed E-state index contributed by atoms with van der Waals surface area (Å²) in [7, 11) is -3.05. The Morgan fingerprint density at radius 3 is 2.34 bits per heavy atom. The number of rotatable bonds is 5. The normalized spacial score (nSPS) is 17.7. The molecule has 154 valence electrons. The number of benzene rings is 2. The molecule has 1 unspecified atom stereocenters. The molecule has 3 N–H and O–H groups in total. The van der Waals surface area contributed by atoms with Gasteiger partial charge < -0.3 is 15.7 Å². The van der Waals surface area contributed by atoms with Crippen molar-refractivity contribution in [2.45, 2.75) is 6.42 Å². The van der Waals surface area contributed by atoms with Crippen LogP contribution in [0.4, 0.5) is 14.5 Å². The van der Waals surface area contributed by atoms with Crippen molar-refractivity contribution >= 4 is 27.3 Å². The van der Waals surface area contributed by atoms with E-state index in [1.165, 1.54) is 12.1 Å². The summed E-state index contributed by atoms with van der Waals surface area (Å²) >= 11 is 0. The Bertz CT molecular complexity index is 1050. The third-order valence-corrected chi connectivity index (χ3v) is 6.34. The fourth-order valence-corrected chi connectivity index (χ4v) is 4.92. The van der Waals surface area contributed by atoms with Gasteiger partial charge in [-0.1, -0.05) is 0 Å². The van der Waals surface area contributed by atoms with Crippen LogP contribution in [0, 0.1) is 17.6 Å². The van der Waals surface area contributed by atoms with Gasteiger partial charge in [0.2, 0.25) is 0 Å². The maximum atomic E-state index is 13.2. The van der Waals surface area contributed by atoms with Crippen LogP contribution in [0.1, 0.15) is 27.1 Å². The van der Waals surface area contributed by atoms with Crippen molar-refractivity contribution in [3.63, 3.8) is 0 Å². The van der Waals surface area contributed by atoms with Crippen molar-refractivity contribution in [1.82, 2.24) is 5.32 Å². The number of hydrogen-bond acceptors (Lipinski definition) is 5. The molecule has 1 saturated heterocycles. The molecule has 0 aromatic heterocycles. The Morgan fingerprint density at radius 2 is 1.76 bits per heavy atom. The minimum absolute atomic E-state index is 0.0188. The molecule has 2 amide bonds. The van der Waals surface area contributed by atoms with Crippen molar-refractivity contribution in [3.05, 3.63) is 59.2 Å². The number of carbonyl (C=O) groups is 2. The van der Waals surface area contributed by atoms with Crippen molar-refractivity contribution in [2.75, 3.05) is 23.4 Å². The van der Waals surface area contributed by atoms with Crippen LogP contribution in [0.15, 0.2) is 36.4 Å². The van der Waals surface area contributed by atoms with Crippen molar-refractivity contribution in [2.24, 2.45) is 5.92 Å². The molecule has 10 heteroatoms. The quantitative estimate of drug-likeness (QED) is 0.680. The number of aromatic hydroxyl groups is 1. The van der Waals surface area contributed by atoms with Gasteiger partial charge in [0, 0.05) is 29.9 Å². The van der Waals surface area contributed by atoms with Crippen LogP contribution in [0.25, 0.3) is 0 Å². The van der Waals surface area contributed by atoms with Gasteiger partial charge in [0.1, 0.15) is 17.4 Å². The Labute approximate surface area is 165 Å². The molecular weight excluding hydrogens is 406 g/mol. The minimum Gasteiger partial charge on any atom is -0.507 e. The largest absolute Gasteiger partial charge is 0.507 e. The van der Waals surface area contributed by atoms with Gasteiger partial charge in [-0.3, -0.25) is 9.59 Å². The topological polar surface area (TPSA) is 113 Å². The molecule has 7 nitrogen and oxygen atoms in total. The smallest absolute Gasteiger partial charge is 0.255 e. The first-order valence-electron chi connectivity index (χ1n) is 8.72. The molecule has 29 heavy (non-hydrogen) atoms. The number of halogens is 2. The first-order valence-corrected chi connectivity index (χ1v) is 10.5. The van der Waals surface area contributed by atoms with Gasteiger partial charge in [-0.05, 0) is 36.6 Å². The van der Waals surface area contributed by atoms with Gasteiger partial charge in [0.15, 0.2) is 9.84 Å². The van der Waals surface area contributed by atoms with Crippen LogP contribution < -0.4 is 10.6 Å². The Morgan fingerprint density at radius 1 is 1.07 bits per heavy atom. The number of sulfone groups is 1. The lowest BCUT2D eigenvalue weighted by molar-refractivity contribution is 0.0945. The summed E-state index contributed by atoms with van der Waals surface area (Å²) in [5.74, 6) is -3.65. The standard InChI is InChI=1S/C19H18F2N2O5S/c20-13-5-12(6-14(21)7-13)18(25)23-15-1-2-16(17(24)8-15)19(26)22-9-11-3-4-29(27,28)10-11/h1-2,5-8,11,24H,3-4,9-10H2,(H,22,26)(H,23,25). The highest BCUT2D eigenvalue weighted by Gasteiger charge is 2.28. The van der Waals surface area contributed by atoms with Crippen LogP contribution in [-0.2, 0) is 9.84 Å². The number of anilines is 1. The number of phenols is 1. The number of hydrogen-bond donors (Lipinski definition) is 3. The average molecular weight is 424 g/mol. The highest BCUT2D eigenvalue weighted by atomic mass is 32.2. The molecule has 1 heterocycles. The van der Waals surface area contributed by atoms with E-state index in [0.717, 1.165) is 18.2 Å². The Kier molecular flexibility index (Phi) is 5.83. The van der Waals surface area contributed by atoms with Gasteiger partial charge in [-0.15, -0.1) is 0 Å². The van der Waals surface area contributed by atoms with E-state index in [9.17, 15) is 31.9 Å². The lowest BCUT2D eigenvalue weighted by atomic mass is 10.1. The van der Waals surface area contributed by atoms with Crippen LogP contribution in [-0.4, -0.2) is 43.4 Å². The lowest BCUT2D eigenvalue weighted by Gasteiger charge is -2.12. The van der Waals surface area contributed by atoms with Crippen LogP contribution in [0.3, 0.4) is 0 Å². The average Bonchev–Trinajstić information content (AvgIpc) is 2.98. The van der Waals surface area contributed by atoms with Gasteiger partial charge in [0.25, 0.3) is 11.8 Å². The predicted molar refractivity (Wildman–Crippen MR) is 102 cm³/mol. The second kappa shape index (κ2) is 8.16. The monoisotopic (exact) mass is 424 g/mol. The van der Waals surface area contributed by atoms with Crippen molar-refractivity contribution in [1.29, 1.82) is 0 Å². The summed E-state index contributed by atoms with van der Waals surface area (Å²) in [4.78, 5) is 24.3. The summed E-state index contributed by atoms with van der Waals surface area (Å²) in [6, 6.07) is 6.12. The molecule has 0 saturated carbocycles. The zero-order valence-corrected chi connectivity index (χ0v) is 15.9. The summed E-state index contributed by atoms with van der Waals surface area (Å²) in [6.07, 6.45) is 0.472. The van der Waals surface area contributed by atoms with E-state index >= 15 is 0 Å². The first-order chi connectivity index (χ1) is 13.6. The number of carbonyl (C=O) groups excluding carboxylic acids is 2. The van der Waals surface area contributed by atoms with Gasteiger partial charge in [-0.25, -0.2) is 17.2 Å². The number of nitrogens with one attached hydrogen (secondary N) is 2. The summed E-state index contributed by atoms with van der Waals surface area (Å²) < 4.78 is 49.3. The summed E-state index contributed by atoms with van der Waals surface area (Å²) in [6.45, 7) is 0.168. The van der Waals surface area contributed by atoms with E-state index < -0.39 is 39.0 Å². The van der Waals surface area contributed by atoms with E-state index in [-0.39, 0.29) is 40.8 Å². The zero-order valence-electron chi connectivity index (χ0n) is 15.1. The Balaban J connectivity index is 1.63. The van der Waals surface area contributed by atoms with E-state index in [4.69, 9.17) is 0 Å². The first kappa shape index (κ1) is 20.7. The fraction of sp³-hybridized carbons (Fsp3) is 0.263. The molecule has 0 bridgehead atoms. The Hall–Kier alpha value is -3.01. The van der Waals surface area contributed by atoms with E-state index in [1.807, 2.05) is 0 Å². The lowest BCUT2D eigenvalue weighted by Crippen LogP contribution is -2.29. The maximum Gasteiger partial charge on any atom is 0.255 e. The second-order valence-electron chi connectivity index (χ2n) is 6.82. The maximum absolute atomic E-state index is 13.2. The molecule has 3 rings (SSSR count). The predicted octanol–water partition coefficient (Wildman–Crippen LogP) is 2.09. The van der Waals surface area contributed by atoms with Crippen molar-refractivity contribution in [3.8, 4) is 5.75 Å². The van der Waals surface area contributed by atoms with E-state index in [2.05, 4.69) is 10.6 Å². The minimum atomic E-state index is -3.05.